The van der Waals surface area contributed by atoms with Crippen molar-refractivity contribution in [1.82, 2.24) is 0 Å². The zero-order chi connectivity index (χ0) is 10.3. The van der Waals surface area contributed by atoms with E-state index >= 15 is 0 Å². The van der Waals surface area contributed by atoms with E-state index in [1.807, 2.05) is 0 Å². The molecular formula is C9H15O4. The van der Waals surface area contributed by atoms with Gasteiger partial charge < -0.3 is 9.47 Å². The largest absolute Gasteiger partial charge is 0.465 e. The summed E-state index contributed by atoms with van der Waals surface area (Å²) in [5.74, 6) is -1.99. The van der Waals surface area contributed by atoms with Crippen molar-refractivity contribution in [3.8, 4) is 0 Å². The van der Waals surface area contributed by atoms with Crippen LogP contribution in [0, 0.1) is 12.8 Å². The topological polar surface area (TPSA) is 52.6 Å². The second-order valence-corrected chi connectivity index (χ2v) is 2.35. The van der Waals surface area contributed by atoms with E-state index in [1.165, 1.54) is 0 Å². The molecule has 0 aliphatic rings. The van der Waals surface area contributed by atoms with E-state index in [0.29, 0.717) is 0 Å². The minimum absolute atomic E-state index is 0.164. The fraction of sp³-hybridized carbons (Fsp3) is 0.667. The summed E-state index contributed by atoms with van der Waals surface area (Å²) >= 11 is 0. The van der Waals surface area contributed by atoms with Gasteiger partial charge in [0.1, 0.15) is 0 Å². The second-order valence-electron chi connectivity index (χ2n) is 2.35. The summed E-state index contributed by atoms with van der Waals surface area (Å²) in [5, 5.41) is 0. The fourth-order valence-electron chi connectivity index (χ4n) is 0.818. The summed E-state index contributed by atoms with van der Waals surface area (Å²) in [6, 6.07) is 0. The molecule has 0 heterocycles. The third-order valence-corrected chi connectivity index (χ3v) is 1.43. The highest BCUT2D eigenvalue weighted by atomic mass is 16.6. The lowest BCUT2D eigenvalue weighted by Crippen LogP contribution is -2.27. The number of hydrogen-bond donors (Lipinski definition) is 0. The molecule has 0 fully saturated rings. The van der Waals surface area contributed by atoms with Gasteiger partial charge in [-0.15, -0.1) is 0 Å². The Hall–Kier alpha value is -1.06. The van der Waals surface area contributed by atoms with Crippen molar-refractivity contribution in [3.63, 3.8) is 0 Å². The normalized spacial score (nSPS) is 9.85. The first-order valence-electron chi connectivity index (χ1n) is 4.29. The van der Waals surface area contributed by atoms with Gasteiger partial charge in [0.15, 0.2) is 5.92 Å². The van der Waals surface area contributed by atoms with Crippen molar-refractivity contribution in [1.29, 1.82) is 0 Å². The van der Waals surface area contributed by atoms with Crippen molar-refractivity contribution in [2.75, 3.05) is 13.2 Å². The van der Waals surface area contributed by atoms with Crippen molar-refractivity contribution in [2.45, 2.75) is 20.3 Å². The molecule has 0 N–H and O–H groups in total. The van der Waals surface area contributed by atoms with Crippen LogP contribution in [0.25, 0.3) is 0 Å². The molecule has 0 saturated heterocycles. The molecular weight excluding hydrogens is 172 g/mol. The molecule has 0 aromatic heterocycles. The van der Waals surface area contributed by atoms with Gasteiger partial charge in [-0.3, -0.25) is 9.59 Å². The zero-order valence-electron chi connectivity index (χ0n) is 8.04. The molecule has 0 aliphatic carbocycles. The summed E-state index contributed by atoms with van der Waals surface area (Å²) in [5.41, 5.74) is 0. The van der Waals surface area contributed by atoms with Crippen LogP contribution in [0.2, 0.25) is 0 Å². The van der Waals surface area contributed by atoms with Gasteiger partial charge in [-0.2, -0.15) is 0 Å². The second kappa shape index (κ2) is 6.46. The third-order valence-electron chi connectivity index (χ3n) is 1.43. The van der Waals surface area contributed by atoms with E-state index in [4.69, 9.17) is 0 Å². The molecule has 0 aromatic rings. The molecule has 0 atom stereocenters. The Bertz CT molecular complexity index is 158. The van der Waals surface area contributed by atoms with Crippen molar-refractivity contribution < 1.29 is 19.1 Å². The smallest absolute Gasteiger partial charge is 0.320 e. The summed E-state index contributed by atoms with van der Waals surface area (Å²) in [7, 11) is 0. The third kappa shape index (κ3) is 3.92. The SMILES string of the molecule is [CH2]CC(C(=O)OCC)C(=O)OCC. The minimum Gasteiger partial charge on any atom is -0.465 e. The lowest BCUT2D eigenvalue weighted by Gasteiger charge is -2.11. The molecule has 13 heavy (non-hydrogen) atoms. The molecule has 0 aromatic carbocycles. The number of carbonyl (C=O) groups excluding carboxylic acids is 2. The van der Waals surface area contributed by atoms with Gasteiger partial charge in [0.2, 0.25) is 0 Å². The number of hydrogen-bond acceptors (Lipinski definition) is 4. The Morgan fingerprint density at radius 1 is 1.15 bits per heavy atom. The Balaban J connectivity index is 4.15. The van der Waals surface area contributed by atoms with Crippen LogP contribution >= 0.6 is 0 Å². The van der Waals surface area contributed by atoms with Gasteiger partial charge in [-0.05, 0) is 20.3 Å². The molecule has 0 unspecified atom stereocenters. The predicted molar refractivity (Wildman–Crippen MR) is 46.7 cm³/mol. The lowest BCUT2D eigenvalue weighted by molar-refractivity contribution is -0.161. The molecule has 0 aliphatic heterocycles. The Kier molecular flexibility index (Phi) is 5.93. The summed E-state index contributed by atoms with van der Waals surface area (Å²) in [6.45, 7) is 7.38. The number of esters is 2. The Morgan fingerprint density at radius 3 is 1.77 bits per heavy atom. The fourth-order valence-corrected chi connectivity index (χ4v) is 0.818. The average molecular weight is 187 g/mol. The molecule has 0 bridgehead atoms. The lowest BCUT2D eigenvalue weighted by atomic mass is 10.1. The quantitative estimate of drug-likeness (QED) is 0.475. The number of rotatable bonds is 5. The monoisotopic (exact) mass is 187 g/mol. The van der Waals surface area contributed by atoms with Gasteiger partial charge in [-0.25, -0.2) is 0 Å². The maximum Gasteiger partial charge on any atom is 0.320 e. The highest BCUT2D eigenvalue weighted by Crippen LogP contribution is 2.07. The Labute approximate surface area is 78.2 Å². The first-order valence-corrected chi connectivity index (χ1v) is 4.29. The van der Waals surface area contributed by atoms with Gasteiger partial charge in [0, 0.05) is 0 Å². The molecule has 0 saturated carbocycles. The number of ether oxygens (including phenoxy) is 2. The van der Waals surface area contributed by atoms with Gasteiger partial charge in [0.25, 0.3) is 0 Å². The Morgan fingerprint density at radius 2 is 1.54 bits per heavy atom. The van der Waals surface area contributed by atoms with Crippen molar-refractivity contribution in [2.24, 2.45) is 5.92 Å². The van der Waals surface area contributed by atoms with Gasteiger partial charge >= 0.3 is 11.9 Å². The number of carbonyl (C=O) groups is 2. The molecule has 0 amide bonds. The van der Waals surface area contributed by atoms with Crippen LogP contribution in [0.5, 0.6) is 0 Å². The van der Waals surface area contributed by atoms with E-state index in [-0.39, 0.29) is 19.6 Å². The minimum atomic E-state index is -0.875. The highest BCUT2D eigenvalue weighted by molar-refractivity contribution is 5.94. The van der Waals surface area contributed by atoms with E-state index in [9.17, 15) is 9.59 Å². The maximum atomic E-state index is 11.1. The maximum absolute atomic E-state index is 11.1. The first kappa shape index (κ1) is 11.9. The van der Waals surface area contributed by atoms with Crippen LogP contribution in [0.3, 0.4) is 0 Å². The molecule has 75 valence electrons. The van der Waals surface area contributed by atoms with E-state index in [1.54, 1.807) is 13.8 Å². The predicted octanol–water partition coefficient (Wildman–Crippen LogP) is 0.953. The first-order chi connectivity index (χ1) is 6.17. The van der Waals surface area contributed by atoms with Crippen LogP contribution in [-0.2, 0) is 19.1 Å². The average Bonchev–Trinajstić information content (AvgIpc) is 2.06. The van der Waals surface area contributed by atoms with Crippen molar-refractivity contribution >= 4 is 11.9 Å². The molecule has 0 spiro atoms. The molecule has 4 nitrogen and oxygen atoms in total. The van der Waals surface area contributed by atoms with Gasteiger partial charge in [-0.1, -0.05) is 6.92 Å². The highest BCUT2D eigenvalue weighted by Gasteiger charge is 2.27. The molecule has 1 radical (unpaired) electrons. The summed E-state index contributed by atoms with van der Waals surface area (Å²) in [6.07, 6.45) is 0.164. The van der Waals surface area contributed by atoms with Crippen LogP contribution in [-0.4, -0.2) is 25.2 Å². The zero-order valence-corrected chi connectivity index (χ0v) is 8.04. The summed E-state index contributed by atoms with van der Waals surface area (Å²) < 4.78 is 9.37. The van der Waals surface area contributed by atoms with E-state index in [2.05, 4.69) is 16.4 Å². The van der Waals surface area contributed by atoms with Crippen LogP contribution < -0.4 is 0 Å². The molecule has 4 heteroatoms. The van der Waals surface area contributed by atoms with Gasteiger partial charge in [0.05, 0.1) is 13.2 Å². The van der Waals surface area contributed by atoms with Crippen LogP contribution in [0.4, 0.5) is 0 Å². The van der Waals surface area contributed by atoms with Crippen LogP contribution in [0.1, 0.15) is 20.3 Å². The van der Waals surface area contributed by atoms with E-state index < -0.39 is 17.9 Å². The standard InChI is InChI=1S/C9H15O4/c1-4-7(8(10)12-5-2)9(11)13-6-3/h7H,1,4-6H2,2-3H3. The van der Waals surface area contributed by atoms with Crippen molar-refractivity contribution in [3.05, 3.63) is 6.92 Å². The van der Waals surface area contributed by atoms with Crippen LogP contribution in [0.15, 0.2) is 0 Å². The summed E-state index contributed by atoms with van der Waals surface area (Å²) in [4.78, 5) is 22.3. The molecule has 0 rings (SSSR count). The van der Waals surface area contributed by atoms with E-state index in [0.717, 1.165) is 0 Å².